The lowest BCUT2D eigenvalue weighted by Crippen LogP contribution is -2.29. The van der Waals surface area contributed by atoms with E-state index in [0.29, 0.717) is 31.0 Å². The molecule has 3 nitrogen and oxygen atoms in total. The van der Waals surface area contributed by atoms with Crippen LogP contribution in [0.5, 0.6) is 0 Å². The highest BCUT2D eigenvalue weighted by Gasteiger charge is 2.23. The van der Waals surface area contributed by atoms with Gasteiger partial charge in [0.15, 0.2) is 0 Å². The van der Waals surface area contributed by atoms with Crippen LogP contribution in [0.1, 0.15) is 57.8 Å². The van der Waals surface area contributed by atoms with Crippen molar-refractivity contribution in [3.8, 4) is 0 Å². The van der Waals surface area contributed by atoms with Gasteiger partial charge in [0, 0.05) is 13.2 Å². The van der Waals surface area contributed by atoms with Gasteiger partial charge in [-0.15, -0.1) is 0 Å². The maximum atomic E-state index is 10.1. The third-order valence-electron chi connectivity index (χ3n) is 5.06. The molecule has 0 aromatic heterocycles. The summed E-state index contributed by atoms with van der Waals surface area (Å²) >= 11 is 0. The van der Waals surface area contributed by atoms with Gasteiger partial charge in [0.2, 0.25) is 0 Å². The zero-order valence-corrected chi connectivity index (χ0v) is 12.1. The highest BCUT2D eigenvalue weighted by atomic mass is 16.5. The first-order valence-electron chi connectivity index (χ1n) is 8.16. The molecule has 2 saturated carbocycles. The Kier molecular flexibility index (Phi) is 6.62. The van der Waals surface area contributed by atoms with Crippen LogP contribution in [-0.4, -0.2) is 36.1 Å². The summed E-state index contributed by atoms with van der Waals surface area (Å²) in [6.45, 7) is 1.65. The lowest BCUT2D eigenvalue weighted by molar-refractivity contribution is -0.0206. The van der Waals surface area contributed by atoms with E-state index in [1.807, 2.05) is 0 Å². The molecule has 0 bridgehead atoms. The average Bonchev–Trinajstić information content (AvgIpc) is 2.49. The van der Waals surface area contributed by atoms with Crippen LogP contribution in [-0.2, 0) is 4.74 Å². The van der Waals surface area contributed by atoms with Crippen LogP contribution in [0.15, 0.2) is 0 Å². The number of aliphatic hydroxyl groups excluding tert-OH is 2. The van der Waals surface area contributed by atoms with E-state index in [4.69, 9.17) is 9.84 Å². The zero-order chi connectivity index (χ0) is 13.5. The molecule has 1 atom stereocenters. The Morgan fingerprint density at radius 3 is 2.16 bits per heavy atom. The smallest absolute Gasteiger partial charge is 0.0801 e. The van der Waals surface area contributed by atoms with Crippen molar-refractivity contribution in [3.05, 3.63) is 0 Å². The van der Waals surface area contributed by atoms with E-state index < -0.39 is 0 Å². The fraction of sp³-hybridized carbons (Fsp3) is 1.00. The van der Waals surface area contributed by atoms with Gasteiger partial charge in [0.1, 0.15) is 0 Å². The second-order valence-electron chi connectivity index (χ2n) is 6.57. The third kappa shape index (κ3) is 5.05. The monoisotopic (exact) mass is 270 g/mol. The lowest BCUT2D eigenvalue weighted by Gasteiger charge is -2.29. The van der Waals surface area contributed by atoms with E-state index >= 15 is 0 Å². The third-order valence-corrected chi connectivity index (χ3v) is 5.06. The average molecular weight is 270 g/mol. The fourth-order valence-electron chi connectivity index (χ4n) is 3.59. The second kappa shape index (κ2) is 8.23. The number of rotatable bonds is 6. The molecular formula is C16H30O3. The molecule has 0 amide bonds. The van der Waals surface area contributed by atoms with Crippen molar-refractivity contribution in [1.82, 2.24) is 0 Å². The van der Waals surface area contributed by atoms with Gasteiger partial charge in [-0.25, -0.2) is 0 Å². The summed E-state index contributed by atoms with van der Waals surface area (Å²) in [5.74, 6) is 1.63. The van der Waals surface area contributed by atoms with Crippen molar-refractivity contribution < 1.29 is 14.9 Å². The summed E-state index contributed by atoms with van der Waals surface area (Å²) in [4.78, 5) is 0. The molecule has 19 heavy (non-hydrogen) atoms. The first-order chi connectivity index (χ1) is 9.29. The Balaban J connectivity index is 1.56. The normalized spacial score (nSPS) is 31.3. The molecule has 2 rings (SSSR count). The van der Waals surface area contributed by atoms with Crippen molar-refractivity contribution >= 4 is 0 Å². The Labute approximate surface area is 117 Å². The van der Waals surface area contributed by atoms with Crippen LogP contribution in [0.25, 0.3) is 0 Å². The predicted octanol–water partition coefficient (Wildman–Crippen LogP) is 2.74. The molecule has 112 valence electrons. The first-order valence-corrected chi connectivity index (χ1v) is 8.16. The molecule has 1 unspecified atom stereocenters. The van der Waals surface area contributed by atoms with Gasteiger partial charge in [-0.2, -0.15) is 0 Å². The second-order valence-corrected chi connectivity index (χ2v) is 6.57. The van der Waals surface area contributed by atoms with Gasteiger partial charge in [-0.05, 0) is 56.3 Å². The van der Waals surface area contributed by atoms with Crippen molar-refractivity contribution in [2.24, 2.45) is 17.8 Å². The van der Waals surface area contributed by atoms with E-state index in [1.165, 1.54) is 44.9 Å². The lowest BCUT2D eigenvalue weighted by atomic mass is 9.83. The minimum Gasteiger partial charge on any atom is -0.396 e. The van der Waals surface area contributed by atoms with Crippen LogP contribution < -0.4 is 0 Å². The van der Waals surface area contributed by atoms with Gasteiger partial charge in [-0.3, -0.25) is 0 Å². The summed E-state index contributed by atoms with van der Waals surface area (Å²) < 4.78 is 5.74. The van der Waals surface area contributed by atoms with E-state index in [0.717, 1.165) is 19.4 Å². The standard InChI is InChI=1S/C16H30O3/c17-10-13-6-8-14(9-7-13)11-19-12-16(18)15-4-2-1-3-5-15/h13-18H,1-12H2. The predicted molar refractivity (Wildman–Crippen MR) is 75.9 cm³/mol. The van der Waals surface area contributed by atoms with Crippen molar-refractivity contribution in [3.63, 3.8) is 0 Å². The molecule has 0 aromatic carbocycles. The van der Waals surface area contributed by atoms with E-state index in [9.17, 15) is 5.11 Å². The van der Waals surface area contributed by atoms with Crippen LogP contribution in [0.3, 0.4) is 0 Å². The van der Waals surface area contributed by atoms with Gasteiger partial charge < -0.3 is 14.9 Å². The molecule has 2 fully saturated rings. The quantitative estimate of drug-likeness (QED) is 0.780. The van der Waals surface area contributed by atoms with Crippen LogP contribution in [0, 0.1) is 17.8 Å². The Morgan fingerprint density at radius 1 is 0.895 bits per heavy atom. The highest BCUT2D eigenvalue weighted by molar-refractivity contribution is 4.74. The molecule has 0 saturated heterocycles. The number of hydrogen-bond donors (Lipinski definition) is 2. The summed E-state index contributed by atoms with van der Waals surface area (Å²) in [7, 11) is 0. The molecule has 0 aliphatic heterocycles. The van der Waals surface area contributed by atoms with Gasteiger partial charge in [0.05, 0.1) is 12.7 Å². The van der Waals surface area contributed by atoms with Gasteiger partial charge in [-0.1, -0.05) is 19.3 Å². The minimum absolute atomic E-state index is 0.255. The number of hydrogen-bond acceptors (Lipinski definition) is 3. The molecule has 2 aliphatic rings. The largest absolute Gasteiger partial charge is 0.396 e. The Morgan fingerprint density at radius 2 is 1.53 bits per heavy atom. The summed E-state index contributed by atoms with van der Waals surface area (Å²) in [6.07, 6.45) is 10.6. The maximum absolute atomic E-state index is 10.1. The van der Waals surface area contributed by atoms with Gasteiger partial charge >= 0.3 is 0 Å². The Hall–Kier alpha value is -0.120. The molecule has 0 heterocycles. The molecule has 0 radical (unpaired) electrons. The van der Waals surface area contributed by atoms with E-state index in [-0.39, 0.29) is 6.10 Å². The summed E-state index contributed by atoms with van der Waals surface area (Å²) in [6, 6.07) is 0. The summed E-state index contributed by atoms with van der Waals surface area (Å²) in [5.41, 5.74) is 0. The molecule has 0 spiro atoms. The molecule has 2 aliphatic carbocycles. The minimum atomic E-state index is -0.255. The fourth-order valence-corrected chi connectivity index (χ4v) is 3.59. The van der Waals surface area contributed by atoms with Crippen molar-refractivity contribution in [2.75, 3.05) is 19.8 Å². The number of ether oxygens (including phenoxy) is 1. The Bertz CT molecular complexity index is 230. The SMILES string of the molecule is OCC1CCC(COCC(O)C2CCCCC2)CC1. The highest BCUT2D eigenvalue weighted by Crippen LogP contribution is 2.29. The first kappa shape index (κ1) is 15.3. The van der Waals surface area contributed by atoms with Crippen LogP contribution >= 0.6 is 0 Å². The zero-order valence-electron chi connectivity index (χ0n) is 12.1. The van der Waals surface area contributed by atoms with Crippen LogP contribution in [0.4, 0.5) is 0 Å². The molecule has 3 heteroatoms. The van der Waals surface area contributed by atoms with E-state index in [1.54, 1.807) is 0 Å². The van der Waals surface area contributed by atoms with E-state index in [2.05, 4.69) is 0 Å². The summed E-state index contributed by atoms with van der Waals surface area (Å²) in [5, 5.41) is 19.2. The van der Waals surface area contributed by atoms with Crippen molar-refractivity contribution in [2.45, 2.75) is 63.9 Å². The van der Waals surface area contributed by atoms with Crippen molar-refractivity contribution in [1.29, 1.82) is 0 Å². The molecule has 0 aromatic rings. The van der Waals surface area contributed by atoms with Crippen LogP contribution in [0.2, 0.25) is 0 Å². The topological polar surface area (TPSA) is 49.7 Å². The molecule has 2 N–H and O–H groups in total. The van der Waals surface area contributed by atoms with Gasteiger partial charge in [0.25, 0.3) is 0 Å². The molecular weight excluding hydrogens is 240 g/mol. The maximum Gasteiger partial charge on any atom is 0.0801 e. The number of aliphatic hydroxyl groups is 2.